The number of carbonyl (C=O) groups excluding carboxylic acids is 1. The topological polar surface area (TPSA) is 38.3 Å². The number of nitrogens with one attached hydrogen (secondary N) is 1. The first-order valence-electron chi connectivity index (χ1n) is 6.95. The second kappa shape index (κ2) is 7.84. The molecule has 0 aliphatic rings. The van der Waals surface area contributed by atoms with Gasteiger partial charge < -0.3 is 10.1 Å². The summed E-state index contributed by atoms with van der Waals surface area (Å²) in [4.78, 5) is 11.7. The van der Waals surface area contributed by atoms with Crippen molar-refractivity contribution in [3.63, 3.8) is 0 Å². The summed E-state index contributed by atoms with van der Waals surface area (Å²) in [6.45, 7) is 2.43. The first-order valence-corrected chi connectivity index (χ1v) is 7.75. The van der Waals surface area contributed by atoms with Crippen LogP contribution in [0.5, 0.6) is 5.75 Å². The fourth-order valence-corrected chi connectivity index (χ4v) is 2.31. The van der Waals surface area contributed by atoms with E-state index in [-0.39, 0.29) is 5.91 Å². The minimum absolute atomic E-state index is 0.00874. The molecule has 0 unspecified atom stereocenters. The number of halogens is 1. The molecule has 110 valence electrons. The predicted molar refractivity (Wildman–Crippen MR) is 88.5 cm³/mol. The van der Waals surface area contributed by atoms with Gasteiger partial charge in [-0.05, 0) is 24.6 Å². The van der Waals surface area contributed by atoms with Crippen LogP contribution in [0.3, 0.4) is 0 Å². The number of amides is 1. The smallest absolute Gasteiger partial charge is 0.224 e. The normalized spacial score (nSPS) is 10.2. The van der Waals surface area contributed by atoms with Crippen LogP contribution in [-0.4, -0.2) is 5.91 Å². The monoisotopic (exact) mass is 347 g/mol. The van der Waals surface area contributed by atoms with Gasteiger partial charge in [-0.15, -0.1) is 0 Å². The number of ether oxygens (including phenoxy) is 1. The summed E-state index contributed by atoms with van der Waals surface area (Å²) in [5, 5.41) is 2.89. The molecule has 4 heteroatoms. The highest BCUT2D eigenvalue weighted by Gasteiger charge is 2.07. The number of para-hydroxylation sites is 2. The van der Waals surface area contributed by atoms with Crippen LogP contribution in [0.25, 0.3) is 0 Å². The summed E-state index contributed by atoms with van der Waals surface area (Å²) in [6.07, 6.45) is 1.34. The predicted octanol–water partition coefficient (Wildman–Crippen LogP) is 4.77. The highest BCUT2D eigenvalue weighted by molar-refractivity contribution is 9.10. The summed E-state index contributed by atoms with van der Waals surface area (Å²) in [5.41, 5.74) is 1.77. The first kappa shape index (κ1) is 15.6. The zero-order chi connectivity index (χ0) is 15.1. The van der Waals surface area contributed by atoms with E-state index in [4.69, 9.17) is 4.74 Å². The van der Waals surface area contributed by atoms with Crippen molar-refractivity contribution in [3.8, 4) is 5.75 Å². The molecule has 0 radical (unpaired) electrons. The molecular formula is C17H18BrNO2. The standard InChI is InChI=1S/C17H18BrNO2/c1-2-7-17(20)19-15-10-5-6-11-16(15)21-12-13-8-3-4-9-14(13)18/h3-6,8-11H,2,7,12H2,1H3,(H,19,20). The lowest BCUT2D eigenvalue weighted by Crippen LogP contribution is -2.11. The molecule has 1 amide bonds. The molecule has 0 atom stereocenters. The minimum Gasteiger partial charge on any atom is -0.487 e. The van der Waals surface area contributed by atoms with Gasteiger partial charge in [-0.2, -0.15) is 0 Å². The molecule has 21 heavy (non-hydrogen) atoms. The van der Waals surface area contributed by atoms with E-state index in [1.54, 1.807) is 0 Å². The van der Waals surface area contributed by atoms with E-state index in [0.29, 0.717) is 24.5 Å². The quantitative estimate of drug-likeness (QED) is 0.817. The van der Waals surface area contributed by atoms with Crippen molar-refractivity contribution < 1.29 is 9.53 Å². The second-order valence-corrected chi connectivity index (χ2v) is 5.53. The largest absolute Gasteiger partial charge is 0.487 e. The Hall–Kier alpha value is -1.81. The lowest BCUT2D eigenvalue weighted by Gasteiger charge is -2.13. The minimum atomic E-state index is 0.00874. The fraction of sp³-hybridized carbons (Fsp3) is 0.235. The van der Waals surface area contributed by atoms with Gasteiger partial charge in [-0.3, -0.25) is 4.79 Å². The van der Waals surface area contributed by atoms with Gasteiger partial charge in [0, 0.05) is 16.5 Å². The van der Waals surface area contributed by atoms with Crippen molar-refractivity contribution in [2.24, 2.45) is 0 Å². The van der Waals surface area contributed by atoms with Crippen LogP contribution in [0.1, 0.15) is 25.3 Å². The summed E-state index contributed by atoms with van der Waals surface area (Å²) < 4.78 is 6.85. The number of carbonyl (C=O) groups is 1. The summed E-state index contributed by atoms with van der Waals surface area (Å²) >= 11 is 3.50. The van der Waals surface area contributed by atoms with E-state index in [9.17, 15) is 4.79 Å². The maximum atomic E-state index is 11.7. The zero-order valence-corrected chi connectivity index (χ0v) is 13.5. The third-order valence-electron chi connectivity index (χ3n) is 2.98. The molecule has 2 aromatic rings. The van der Waals surface area contributed by atoms with E-state index < -0.39 is 0 Å². The van der Waals surface area contributed by atoms with Gasteiger partial charge in [0.2, 0.25) is 5.91 Å². The molecule has 0 aromatic heterocycles. The Morgan fingerprint density at radius 2 is 1.86 bits per heavy atom. The molecule has 0 heterocycles. The second-order valence-electron chi connectivity index (χ2n) is 4.67. The Balaban J connectivity index is 2.06. The highest BCUT2D eigenvalue weighted by atomic mass is 79.9. The third kappa shape index (κ3) is 4.60. The molecule has 3 nitrogen and oxygen atoms in total. The van der Waals surface area contributed by atoms with Gasteiger partial charge >= 0.3 is 0 Å². The number of benzene rings is 2. The molecule has 0 aliphatic carbocycles. The van der Waals surface area contributed by atoms with Crippen LogP contribution < -0.4 is 10.1 Å². The van der Waals surface area contributed by atoms with Crippen LogP contribution in [-0.2, 0) is 11.4 Å². The van der Waals surface area contributed by atoms with Gasteiger partial charge in [0.05, 0.1) is 5.69 Å². The average molecular weight is 348 g/mol. The molecular weight excluding hydrogens is 330 g/mol. The number of hydrogen-bond donors (Lipinski definition) is 1. The molecule has 2 aromatic carbocycles. The first-order chi connectivity index (χ1) is 10.2. The van der Waals surface area contributed by atoms with Crippen LogP contribution >= 0.6 is 15.9 Å². The van der Waals surface area contributed by atoms with Crippen LogP contribution in [0.2, 0.25) is 0 Å². The Labute approximate surface area is 133 Å². The molecule has 0 saturated heterocycles. The molecule has 1 N–H and O–H groups in total. The highest BCUT2D eigenvalue weighted by Crippen LogP contribution is 2.26. The lowest BCUT2D eigenvalue weighted by atomic mass is 10.2. The van der Waals surface area contributed by atoms with Gasteiger partial charge in [-0.1, -0.05) is 53.2 Å². The van der Waals surface area contributed by atoms with Crippen LogP contribution in [0, 0.1) is 0 Å². The van der Waals surface area contributed by atoms with E-state index in [1.165, 1.54) is 0 Å². The summed E-state index contributed by atoms with van der Waals surface area (Å²) in [5.74, 6) is 0.687. The molecule has 2 rings (SSSR count). The van der Waals surface area contributed by atoms with Crippen LogP contribution in [0.15, 0.2) is 53.0 Å². The van der Waals surface area contributed by atoms with Crippen molar-refractivity contribution in [3.05, 3.63) is 58.6 Å². The number of anilines is 1. The molecule has 0 saturated carbocycles. The Bertz CT molecular complexity index is 613. The zero-order valence-electron chi connectivity index (χ0n) is 11.9. The van der Waals surface area contributed by atoms with Crippen molar-refractivity contribution in [2.45, 2.75) is 26.4 Å². The lowest BCUT2D eigenvalue weighted by molar-refractivity contribution is -0.116. The van der Waals surface area contributed by atoms with E-state index in [0.717, 1.165) is 16.5 Å². The van der Waals surface area contributed by atoms with Crippen LogP contribution in [0.4, 0.5) is 5.69 Å². The Morgan fingerprint density at radius 1 is 1.14 bits per heavy atom. The van der Waals surface area contributed by atoms with Gasteiger partial charge in [0.1, 0.15) is 12.4 Å². The van der Waals surface area contributed by atoms with Gasteiger partial charge in [0.25, 0.3) is 0 Å². The van der Waals surface area contributed by atoms with Crippen molar-refractivity contribution in [2.75, 3.05) is 5.32 Å². The third-order valence-corrected chi connectivity index (χ3v) is 3.75. The van der Waals surface area contributed by atoms with Gasteiger partial charge in [-0.25, -0.2) is 0 Å². The van der Waals surface area contributed by atoms with Crippen molar-refractivity contribution in [1.29, 1.82) is 0 Å². The number of hydrogen-bond acceptors (Lipinski definition) is 2. The molecule has 0 spiro atoms. The summed E-state index contributed by atoms with van der Waals surface area (Å²) in [7, 11) is 0. The molecule has 0 bridgehead atoms. The Morgan fingerprint density at radius 3 is 2.62 bits per heavy atom. The molecule has 0 fully saturated rings. The summed E-state index contributed by atoms with van der Waals surface area (Å²) in [6, 6.07) is 15.4. The average Bonchev–Trinajstić information content (AvgIpc) is 2.48. The Kier molecular flexibility index (Phi) is 5.81. The number of rotatable bonds is 6. The van der Waals surface area contributed by atoms with Crippen molar-refractivity contribution >= 4 is 27.5 Å². The SMILES string of the molecule is CCCC(=O)Nc1ccccc1OCc1ccccc1Br. The van der Waals surface area contributed by atoms with Crippen molar-refractivity contribution in [1.82, 2.24) is 0 Å². The van der Waals surface area contributed by atoms with E-state index in [1.807, 2.05) is 55.5 Å². The van der Waals surface area contributed by atoms with E-state index in [2.05, 4.69) is 21.2 Å². The maximum absolute atomic E-state index is 11.7. The fourth-order valence-electron chi connectivity index (χ4n) is 1.91. The van der Waals surface area contributed by atoms with E-state index >= 15 is 0 Å². The van der Waals surface area contributed by atoms with Gasteiger partial charge in [0.15, 0.2) is 0 Å². The molecule has 0 aliphatic heterocycles. The maximum Gasteiger partial charge on any atom is 0.224 e.